The van der Waals surface area contributed by atoms with Gasteiger partial charge in [0.25, 0.3) is 0 Å². The van der Waals surface area contributed by atoms with Gasteiger partial charge in [-0.05, 0) is 43.5 Å². The van der Waals surface area contributed by atoms with E-state index in [4.69, 9.17) is 23.2 Å². The molecule has 0 saturated carbocycles. The van der Waals surface area contributed by atoms with Crippen LogP contribution in [0.5, 0.6) is 0 Å². The monoisotopic (exact) mass is 455 g/mol. The molecule has 0 spiro atoms. The number of nitrogens with zero attached hydrogens (tertiary/aromatic N) is 1. The highest BCUT2D eigenvalue weighted by Crippen LogP contribution is 2.36. The summed E-state index contributed by atoms with van der Waals surface area (Å²) < 4.78 is 28.4. The van der Waals surface area contributed by atoms with Crippen molar-refractivity contribution < 1.29 is 18.7 Å². The van der Waals surface area contributed by atoms with E-state index in [-0.39, 0.29) is 34.6 Å². The van der Waals surface area contributed by atoms with Crippen molar-refractivity contribution in [1.82, 2.24) is 0 Å². The first-order valence-corrected chi connectivity index (χ1v) is 10.5. The van der Waals surface area contributed by atoms with E-state index in [1.165, 1.54) is 18.2 Å². The Balaban J connectivity index is 1.43. The maximum Gasteiger partial charge on any atom is 0.224 e. The lowest BCUT2D eigenvalue weighted by atomic mass is 9.90. The standard InChI is InChI=1S/C21H21Cl2F2N3O2/c22-12-9-14(23)20(16(25)10-12)28-7-5-21(30,6-8-28)11-26-17-3-2-15(24)19-13(17)1-4-18(29)27-19/h2-3,9-10,26,30H,1,4-8,11H2,(H,27,29). The predicted octanol–water partition coefficient (Wildman–Crippen LogP) is 4.60. The molecule has 0 atom stereocenters. The third-order valence-electron chi connectivity index (χ3n) is 5.73. The molecule has 2 aliphatic rings. The number of hydrogen-bond acceptors (Lipinski definition) is 4. The van der Waals surface area contributed by atoms with E-state index >= 15 is 0 Å². The van der Waals surface area contributed by atoms with Gasteiger partial charge in [-0.3, -0.25) is 4.79 Å². The Hall–Kier alpha value is -2.09. The summed E-state index contributed by atoms with van der Waals surface area (Å²) in [6.07, 6.45) is 1.52. The van der Waals surface area contributed by atoms with E-state index in [9.17, 15) is 18.7 Å². The molecule has 2 aromatic carbocycles. The van der Waals surface area contributed by atoms with Crippen molar-refractivity contribution in [2.75, 3.05) is 35.2 Å². The summed E-state index contributed by atoms with van der Waals surface area (Å²) in [6.45, 7) is 1.10. The van der Waals surface area contributed by atoms with Crippen LogP contribution in [0.1, 0.15) is 24.8 Å². The quantitative estimate of drug-likeness (QED) is 0.630. The number of nitrogens with one attached hydrogen (secondary N) is 2. The molecule has 0 bridgehead atoms. The van der Waals surface area contributed by atoms with Crippen molar-refractivity contribution in [2.24, 2.45) is 0 Å². The van der Waals surface area contributed by atoms with Crippen LogP contribution in [0.25, 0.3) is 0 Å². The minimum atomic E-state index is -1.01. The largest absolute Gasteiger partial charge is 0.388 e. The zero-order valence-corrected chi connectivity index (χ0v) is 17.6. The number of amides is 1. The van der Waals surface area contributed by atoms with Crippen molar-refractivity contribution in [3.05, 3.63) is 51.5 Å². The average molecular weight is 456 g/mol. The minimum Gasteiger partial charge on any atom is -0.388 e. The number of rotatable bonds is 4. The highest BCUT2D eigenvalue weighted by Gasteiger charge is 2.34. The van der Waals surface area contributed by atoms with Crippen LogP contribution in [0.3, 0.4) is 0 Å². The second kappa shape index (κ2) is 8.21. The van der Waals surface area contributed by atoms with Gasteiger partial charge in [0, 0.05) is 42.3 Å². The Labute approximate surface area is 183 Å². The number of piperidine rings is 1. The van der Waals surface area contributed by atoms with E-state index in [2.05, 4.69) is 10.6 Å². The van der Waals surface area contributed by atoms with Gasteiger partial charge in [-0.25, -0.2) is 8.78 Å². The van der Waals surface area contributed by atoms with E-state index in [1.54, 1.807) is 11.0 Å². The van der Waals surface area contributed by atoms with Crippen LogP contribution in [0.15, 0.2) is 24.3 Å². The molecular formula is C21H21Cl2F2N3O2. The van der Waals surface area contributed by atoms with Crippen molar-refractivity contribution >= 4 is 46.2 Å². The van der Waals surface area contributed by atoms with Crippen LogP contribution in [0, 0.1) is 11.6 Å². The molecule has 1 saturated heterocycles. The van der Waals surface area contributed by atoms with Crippen LogP contribution in [-0.4, -0.2) is 36.2 Å². The van der Waals surface area contributed by atoms with Crippen LogP contribution >= 0.6 is 23.2 Å². The Kier molecular flexibility index (Phi) is 5.79. The molecule has 0 aromatic heterocycles. The molecule has 1 fully saturated rings. The van der Waals surface area contributed by atoms with E-state index in [1.807, 2.05) is 0 Å². The second-order valence-corrected chi connectivity index (χ2v) is 8.62. The van der Waals surface area contributed by atoms with E-state index < -0.39 is 17.2 Å². The summed E-state index contributed by atoms with van der Waals surface area (Å²) in [4.78, 5) is 13.4. The number of halogens is 4. The number of carbonyl (C=O) groups is 1. The van der Waals surface area contributed by atoms with Gasteiger partial charge in [-0.15, -0.1) is 0 Å². The fourth-order valence-electron chi connectivity index (χ4n) is 4.04. The van der Waals surface area contributed by atoms with Gasteiger partial charge in [-0.1, -0.05) is 23.2 Å². The molecule has 5 nitrogen and oxygen atoms in total. The van der Waals surface area contributed by atoms with Gasteiger partial charge < -0.3 is 20.6 Å². The molecule has 30 heavy (non-hydrogen) atoms. The van der Waals surface area contributed by atoms with Crippen LogP contribution in [0.2, 0.25) is 10.0 Å². The highest BCUT2D eigenvalue weighted by molar-refractivity contribution is 6.36. The third-order valence-corrected chi connectivity index (χ3v) is 6.23. The fraction of sp³-hybridized carbons (Fsp3) is 0.381. The summed E-state index contributed by atoms with van der Waals surface area (Å²) in [6, 6.07) is 5.64. The van der Waals surface area contributed by atoms with E-state index in [0.717, 1.165) is 0 Å². The van der Waals surface area contributed by atoms with Gasteiger partial charge in [0.15, 0.2) is 0 Å². The summed E-state index contributed by atoms with van der Waals surface area (Å²) in [5.74, 6) is -1.17. The molecule has 1 amide bonds. The molecule has 0 radical (unpaired) electrons. The number of fused-ring (bicyclic) bond motifs is 1. The number of anilines is 3. The summed E-state index contributed by atoms with van der Waals surface area (Å²) >= 11 is 12.0. The van der Waals surface area contributed by atoms with Crippen molar-refractivity contribution in [3.8, 4) is 0 Å². The smallest absolute Gasteiger partial charge is 0.224 e. The van der Waals surface area contributed by atoms with Gasteiger partial charge in [0.2, 0.25) is 5.91 Å². The van der Waals surface area contributed by atoms with E-state index in [0.29, 0.717) is 49.3 Å². The number of aliphatic hydroxyl groups is 1. The van der Waals surface area contributed by atoms with Crippen molar-refractivity contribution in [2.45, 2.75) is 31.3 Å². The molecule has 0 unspecified atom stereocenters. The second-order valence-electron chi connectivity index (χ2n) is 7.78. The fourth-order valence-corrected chi connectivity index (χ4v) is 4.63. The zero-order chi connectivity index (χ0) is 21.5. The normalized spacial score (nSPS) is 18.0. The number of hydrogen-bond donors (Lipinski definition) is 3. The van der Waals surface area contributed by atoms with Crippen LogP contribution in [-0.2, 0) is 11.2 Å². The molecule has 160 valence electrons. The first kappa shape index (κ1) is 21.2. The van der Waals surface area contributed by atoms with Gasteiger partial charge in [0.1, 0.15) is 11.6 Å². The lowest BCUT2D eigenvalue weighted by Gasteiger charge is -2.40. The number of benzene rings is 2. The predicted molar refractivity (Wildman–Crippen MR) is 115 cm³/mol. The Morgan fingerprint density at radius 3 is 2.57 bits per heavy atom. The Morgan fingerprint density at radius 2 is 1.87 bits per heavy atom. The van der Waals surface area contributed by atoms with Gasteiger partial charge in [-0.2, -0.15) is 0 Å². The first-order valence-electron chi connectivity index (χ1n) is 9.73. The molecule has 2 heterocycles. The summed E-state index contributed by atoms with van der Waals surface area (Å²) in [7, 11) is 0. The first-order chi connectivity index (χ1) is 14.3. The van der Waals surface area contributed by atoms with Crippen LogP contribution < -0.4 is 15.5 Å². The molecule has 9 heteroatoms. The van der Waals surface area contributed by atoms with Crippen molar-refractivity contribution in [1.29, 1.82) is 0 Å². The SMILES string of the molecule is O=C1CCc2c(NCC3(O)CCN(c4c(F)cc(Cl)cc4Cl)CC3)ccc(F)c2N1. The lowest BCUT2D eigenvalue weighted by Crippen LogP contribution is -2.48. The lowest BCUT2D eigenvalue weighted by molar-refractivity contribution is -0.116. The van der Waals surface area contributed by atoms with Crippen LogP contribution in [0.4, 0.5) is 25.8 Å². The zero-order valence-electron chi connectivity index (χ0n) is 16.1. The highest BCUT2D eigenvalue weighted by atomic mass is 35.5. The maximum absolute atomic E-state index is 14.3. The molecule has 3 N–H and O–H groups in total. The molecule has 2 aromatic rings. The molecular weight excluding hydrogens is 435 g/mol. The van der Waals surface area contributed by atoms with Gasteiger partial charge >= 0.3 is 0 Å². The Bertz CT molecular complexity index is 971. The summed E-state index contributed by atoms with van der Waals surface area (Å²) in [5.41, 5.74) is 0.871. The minimum absolute atomic E-state index is 0.200. The summed E-state index contributed by atoms with van der Waals surface area (Å²) in [5, 5.41) is 17.3. The Morgan fingerprint density at radius 1 is 1.13 bits per heavy atom. The third kappa shape index (κ3) is 4.19. The number of carbonyl (C=O) groups excluding carboxylic acids is 1. The van der Waals surface area contributed by atoms with Gasteiger partial charge in [0.05, 0.1) is 22.0 Å². The maximum atomic E-state index is 14.3. The molecule has 0 aliphatic carbocycles. The molecule has 2 aliphatic heterocycles. The van der Waals surface area contributed by atoms with Crippen molar-refractivity contribution in [3.63, 3.8) is 0 Å². The topological polar surface area (TPSA) is 64.6 Å². The average Bonchev–Trinajstić information content (AvgIpc) is 2.69. The molecule has 4 rings (SSSR count).